The Morgan fingerprint density at radius 1 is 1.16 bits per heavy atom. The lowest BCUT2D eigenvalue weighted by Gasteiger charge is -2.15. The van der Waals surface area contributed by atoms with Crippen LogP contribution in [0.5, 0.6) is 11.5 Å². The summed E-state index contributed by atoms with van der Waals surface area (Å²) in [5.41, 5.74) is 2.37. The van der Waals surface area contributed by atoms with Gasteiger partial charge in [0.2, 0.25) is 11.8 Å². The van der Waals surface area contributed by atoms with Crippen LogP contribution >= 0.6 is 0 Å². The molecule has 2 aromatic rings. The van der Waals surface area contributed by atoms with Crippen molar-refractivity contribution in [3.05, 3.63) is 59.3 Å². The number of nitrogens with zero attached hydrogens (tertiary/aromatic N) is 2. The third-order valence-electron chi connectivity index (χ3n) is 5.00. The van der Waals surface area contributed by atoms with Gasteiger partial charge in [0, 0.05) is 24.2 Å². The highest BCUT2D eigenvalue weighted by Gasteiger charge is 2.25. The highest BCUT2D eigenvalue weighted by Crippen LogP contribution is 2.30. The summed E-state index contributed by atoms with van der Waals surface area (Å²) in [5, 5.41) is 0. The number of hydrogen-bond donors (Lipinski definition) is 0. The van der Waals surface area contributed by atoms with Crippen LogP contribution < -0.4 is 14.4 Å². The van der Waals surface area contributed by atoms with Gasteiger partial charge < -0.3 is 19.1 Å². The molecule has 1 saturated heterocycles. The summed E-state index contributed by atoms with van der Waals surface area (Å²) >= 11 is 0. The average molecular weight is 430 g/mol. The molecular formula is C25H22N2O5. The molecule has 0 aromatic heterocycles. The summed E-state index contributed by atoms with van der Waals surface area (Å²) in [6.07, 6.45) is 8.31. The Balaban J connectivity index is 1.55. The minimum absolute atomic E-state index is 0.120. The van der Waals surface area contributed by atoms with Gasteiger partial charge in [0.05, 0.1) is 6.61 Å². The quantitative estimate of drug-likeness (QED) is 0.381. The number of benzene rings is 2. The zero-order valence-corrected chi connectivity index (χ0v) is 17.7. The van der Waals surface area contributed by atoms with Crippen molar-refractivity contribution >= 4 is 29.5 Å². The zero-order chi connectivity index (χ0) is 22.5. The Labute approximate surface area is 186 Å². The van der Waals surface area contributed by atoms with Gasteiger partial charge in [0.15, 0.2) is 17.2 Å². The van der Waals surface area contributed by atoms with E-state index in [-0.39, 0.29) is 24.1 Å². The van der Waals surface area contributed by atoms with Crippen LogP contribution in [0.1, 0.15) is 30.9 Å². The first-order valence-corrected chi connectivity index (χ1v) is 10.4. The fraction of sp³-hybridized carbons (Fsp3) is 0.240. The second-order valence-electron chi connectivity index (χ2n) is 7.16. The first-order valence-electron chi connectivity index (χ1n) is 10.4. The summed E-state index contributed by atoms with van der Waals surface area (Å²) in [7, 11) is 0. The van der Waals surface area contributed by atoms with Crippen molar-refractivity contribution in [1.29, 1.82) is 0 Å². The van der Waals surface area contributed by atoms with E-state index >= 15 is 0 Å². The van der Waals surface area contributed by atoms with E-state index in [4.69, 9.17) is 20.6 Å². The summed E-state index contributed by atoms with van der Waals surface area (Å²) in [5.74, 6) is 3.28. The van der Waals surface area contributed by atoms with Crippen LogP contribution in [0.25, 0.3) is 6.08 Å². The predicted molar refractivity (Wildman–Crippen MR) is 121 cm³/mol. The molecule has 1 fully saturated rings. The molecule has 0 spiro atoms. The molecule has 0 radical (unpaired) electrons. The molecule has 7 heteroatoms. The number of terminal acetylenes is 1. The van der Waals surface area contributed by atoms with Crippen molar-refractivity contribution in [2.75, 3.05) is 24.7 Å². The van der Waals surface area contributed by atoms with Gasteiger partial charge in [0.25, 0.3) is 0 Å². The monoisotopic (exact) mass is 430 g/mol. The molecule has 2 aromatic carbocycles. The molecule has 2 aliphatic rings. The first-order chi connectivity index (χ1) is 15.6. The van der Waals surface area contributed by atoms with Crippen molar-refractivity contribution in [2.45, 2.75) is 19.8 Å². The minimum Gasteiger partial charge on any atom is -0.490 e. The number of aliphatic imine (C=N–C) groups is 1. The van der Waals surface area contributed by atoms with E-state index in [1.807, 2.05) is 19.1 Å². The van der Waals surface area contributed by atoms with Crippen molar-refractivity contribution < 1.29 is 23.8 Å². The lowest BCUT2D eigenvalue weighted by Crippen LogP contribution is -2.23. The van der Waals surface area contributed by atoms with Crippen LogP contribution in [0, 0.1) is 12.3 Å². The highest BCUT2D eigenvalue weighted by atomic mass is 16.6. The molecule has 32 heavy (non-hydrogen) atoms. The summed E-state index contributed by atoms with van der Waals surface area (Å²) in [4.78, 5) is 30.4. The van der Waals surface area contributed by atoms with E-state index in [9.17, 15) is 9.59 Å². The Morgan fingerprint density at radius 3 is 2.66 bits per heavy atom. The molecule has 0 atom stereocenters. The standard InChI is InChI=1S/C25H22N2O5/c1-3-14-31-21-12-7-17(16-22(21)30-4-2)15-20-25(29)32-24(26-20)18-8-10-19(11-9-18)27-13-5-6-23(27)28/h1,7-12,15-16H,4-6,13-14H2,2H3/b20-15+. The number of ether oxygens (including phenoxy) is 3. The molecule has 0 unspecified atom stereocenters. The van der Waals surface area contributed by atoms with Gasteiger partial charge in [-0.15, -0.1) is 6.42 Å². The van der Waals surface area contributed by atoms with Gasteiger partial charge in [-0.25, -0.2) is 9.79 Å². The number of esters is 1. The van der Waals surface area contributed by atoms with Gasteiger partial charge in [-0.3, -0.25) is 4.79 Å². The zero-order valence-electron chi connectivity index (χ0n) is 17.7. The Hall–Kier alpha value is -4.05. The van der Waals surface area contributed by atoms with Gasteiger partial charge in [-0.05, 0) is 61.4 Å². The maximum Gasteiger partial charge on any atom is 0.363 e. The topological polar surface area (TPSA) is 77.4 Å². The molecule has 0 N–H and O–H groups in total. The minimum atomic E-state index is -0.538. The molecule has 4 rings (SSSR count). The summed E-state index contributed by atoms with van der Waals surface area (Å²) < 4.78 is 16.5. The van der Waals surface area contributed by atoms with Crippen LogP contribution in [0.3, 0.4) is 0 Å². The SMILES string of the molecule is C#CCOc1ccc(/C=C2/N=C(c3ccc(N4CCCC4=O)cc3)OC2=O)cc1OCC. The molecule has 0 aliphatic carbocycles. The Kier molecular flexibility index (Phi) is 6.22. The number of carbonyl (C=O) groups is 2. The number of rotatable bonds is 7. The van der Waals surface area contributed by atoms with Crippen molar-refractivity contribution in [3.63, 3.8) is 0 Å². The van der Waals surface area contributed by atoms with Gasteiger partial charge in [-0.2, -0.15) is 0 Å². The summed E-state index contributed by atoms with van der Waals surface area (Å²) in [6, 6.07) is 12.5. The van der Waals surface area contributed by atoms with E-state index in [1.165, 1.54) is 0 Å². The van der Waals surface area contributed by atoms with E-state index < -0.39 is 5.97 Å². The molecular weight excluding hydrogens is 408 g/mol. The van der Waals surface area contributed by atoms with Gasteiger partial charge in [-0.1, -0.05) is 12.0 Å². The van der Waals surface area contributed by atoms with Crippen LogP contribution in [0.4, 0.5) is 5.69 Å². The predicted octanol–water partition coefficient (Wildman–Crippen LogP) is 3.57. The second-order valence-corrected chi connectivity index (χ2v) is 7.16. The third-order valence-corrected chi connectivity index (χ3v) is 5.00. The number of cyclic esters (lactones) is 1. The lowest BCUT2D eigenvalue weighted by molar-refractivity contribution is -0.130. The molecule has 2 heterocycles. The molecule has 1 amide bonds. The molecule has 2 aliphatic heterocycles. The van der Waals surface area contributed by atoms with E-state index in [1.54, 1.807) is 41.3 Å². The fourth-order valence-corrected chi connectivity index (χ4v) is 3.52. The van der Waals surface area contributed by atoms with Crippen molar-refractivity contribution in [1.82, 2.24) is 0 Å². The van der Waals surface area contributed by atoms with Crippen LogP contribution in [-0.2, 0) is 14.3 Å². The largest absolute Gasteiger partial charge is 0.490 e. The molecule has 162 valence electrons. The third kappa shape index (κ3) is 4.49. The normalized spacial score (nSPS) is 16.7. The number of hydrogen-bond acceptors (Lipinski definition) is 6. The molecule has 7 nitrogen and oxygen atoms in total. The second kappa shape index (κ2) is 9.40. The Bertz CT molecular complexity index is 1140. The number of amides is 1. The summed E-state index contributed by atoms with van der Waals surface area (Å²) in [6.45, 7) is 3.17. The Morgan fingerprint density at radius 2 is 1.97 bits per heavy atom. The van der Waals surface area contributed by atoms with Crippen LogP contribution in [0.15, 0.2) is 53.2 Å². The van der Waals surface area contributed by atoms with Crippen LogP contribution in [-0.4, -0.2) is 37.5 Å². The average Bonchev–Trinajstić information content (AvgIpc) is 3.39. The lowest BCUT2D eigenvalue weighted by atomic mass is 10.1. The maximum absolute atomic E-state index is 12.4. The maximum atomic E-state index is 12.4. The smallest absolute Gasteiger partial charge is 0.363 e. The first kappa shape index (κ1) is 21.2. The number of carbonyl (C=O) groups excluding carboxylic acids is 2. The van der Waals surface area contributed by atoms with E-state index in [0.717, 1.165) is 18.7 Å². The molecule has 0 bridgehead atoms. The van der Waals surface area contributed by atoms with Gasteiger partial charge in [0.1, 0.15) is 6.61 Å². The molecule has 0 saturated carbocycles. The van der Waals surface area contributed by atoms with E-state index in [0.29, 0.717) is 35.7 Å². The highest BCUT2D eigenvalue weighted by molar-refractivity contribution is 6.13. The van der Waals surface area contributed by atoms with Crippen molar-refractivity contribution in [2.24, 2.45) is 4.99 Å². The van der Waals surface area contributed by atoms with E-state index in [2.05, 4.69) is 10.9 Å². The van der Waals surface area contributed by atoms with Gasteiger partial charge >= 0.3 is 5.97 Å². The fourth-order valence-electron chi connectivity index (χ4n) is 3.52. The van der Waals surface area contributed by atoms with Crippen LogP contribution in [0.2, 0.25) is 0 Å². The van der Waals surface area contributed by atoms with Crippen molar-refractivity contribution in [3.8, 4) is 23.8 Å². The number of anilines is 1.